The summed E-state index contributed by atoms with van der Waals surface area (Å²) in [6.45, 7) is 3.04. The van der Waals surface area contributed by atoms with Crippen LogP contribution in [0.3, 0.4) is 0 Å². The van der Waals surface area contributed by atoms with Gasteiger partial charge in [0.25, 0.3) is 0 Å². The van der Waals surface area contributed by atoms with Crippen molar-refractivity contribution >= 4 is 5.82 Å². The predicted octanol–water partition coefficient (Wildman–Crippen LogP) is 3.51. The van der Waals surface area contributed by atoms with Crippen LogP contribution in [0.4, 0.5) is 5.82 Å². The molecule has 1 aliphatic carbocycles. The van der Waals surface area contributed by atoms with Crippen LogP contribution in [-0.2, 0) is 0 Å². The highest BCUT2D eigenvalue weighted by atomic mass is 16.5. The highest BCUT2D eigenvalue weighted by Gasteiger charge is 2.23. The first-order valence-electron chi connectivity index (χ1n) is 7.20. The van der Waals surface area contributed by atoms with Crippen LogP contribution >= 0.6 is 0 Å². The summed E-state index contributed by atoms with van der Waals surface area (Å²) in [7, 11) is 0. The van der Waals surface area contributed by atoms with E-state index in [0.29, 0.717) is 6.10 Å². The number of hydrogen-bond donors (Lipinski definition) is 1. The van der Waals surface area contributed by atoms with E-state index >= 15 is 0 Å². The highest BCUT2D eigenvalue weighted by Crippen LogP contribution is 2.29. The number of hydrogen-bond acceptors (Lipinski definition) is 4. The molecular formula is C16H19N3O. The highest BCUT2D eigenvalue weighted by molar-refractivity contribution is 5.61. The van der Waals surface area contributed by atoms with E-state index in [4.69, 9.17) is 4.74 Å². The van der Waals surface area contributed by atoms with Crippen LogP contribution in [0.1, 0.15) is 26.2 Å². The van der Waals surface area contributed by atoms with Gasteiger partial charge in [-0.3, -0.25) is 0 Å². The average molecular weight is 269 g/mol. The van der Waals surface area contributed by atoms with Gasteiger partial charge in [0.05, 0.1) is 11.8 Å². The number of aromatic nitrogens is 2. The van der Waals surface area contributed by atoms with Crippen molar-refractivity contribution in [3.63, 3.8) is 0 Å². The van der Waals surface area contributed by atoms with Crippen molar-refractivity contribution in [2.75, 3.05) is 11.9 Å². The van der Waals surface area contributed by atoms with E-state index in [0.717, 1.165) is 35.8 Å². The molecule has 2 aromatic rings. The summed E-state index contributed by atoms with van der Waals surface area (Å²) in [4.78, 5) is 0. The molecule has 1 aromatic carbocycles. The standard InChI is InChI=1S/C16H19N3O/c1-2-10-17-16-9-8-15(18-19-16)12-4-3-5-14(11-12)20-13-6-7-13/h3-5,8-9,11,13H,2,6-7,10H2,1H3,(H,17,19). The zero-order valence-corrected chi connectivity index (χ0v) is 11.7. The smallest absolute Gasteiger partial charge is 0.148 e. The number of ether oxygens (including phenoxy) is 1. The maximum absolute atomic E-state index is 5.80. The largest absolute Gasteiger partial charge is 0.490 e. The molecule has 0 saturated heterocycles. The van der Waals surface area contributed by atoms with Crippen molar-refractivity contribution in [3.05, 3.63) is 36.4 Å². The molecule has 0 radical (unpaired) electrons. The number of nitrogens with one attached hydrogen (secondary N) is 1. The van der Waals surface area contributed by atoms with Gasteiger partial charge < -0.3 is 10.1 Å². The van der Waals surface area contributed by atoms with Crippen LogP contribution in [0.2, 0.25) is 0 Å². The number of benzene rings is 1. The van der Waals surface area contributed by atoms with Crippen LogP contribution in [0.25, 0.3) is 11.3 Å². The Morgan fingerprint density at radius 1 is 1.20 bits per heavy atom. The number of nitrogens with zero attached hydrogens (tertiary/aromatic N) is 2. The third-order valence-electron chi connectivity index (χ3n) is 3.18. The van der Waals surface area contributed by atoms with E-state index in [2.05, 4.69) is 22.4 Å². The predicted molar refractivity (Wildman–Crippen MR) is 79.9 cm³/mol. The molecule has 20 heavy (non-hydrogen) atoms. The fraction of sp³-hybridized carbons (Fsp3) is 0.375. The van der Waals surface area contributed by atoms with Gasteiger partial charge in [-0.2, -0.15) is 0 Å². The second-order valence-electron chi connectivity index (χ2n) is 5.08. The topological polar surface area (TPSA) is 47.0 Å². The minimum absolute atomic E-state index is 0.414. The SMILES string of the molecule is CCCNc1ccc(-c2cccc(OC3CC3)c2)nn1. The van der Waals surface area contributed by atoms with Gasteiger partial charge in [0.15, 0.2) is 0 Å². The molecule has 4 heteroatoms. The molecule has 1 saturated carbocycles. The molecular weight excluding hydrogens is 250 g/mol. The fourth-order valence-corrected chi connectivity index (χ4v) is 1.94. The van der Waals surface area contributed by atoms with Gasteiger partial charge in [-0.1, -0.05) is 19.1 Å². The van der Waals surface area contributed by atoms with Crippen LogP contribution in [0, 0.1) is 0 Å². The Bertz CT molecular complexity index is 564. The summed E-state index contributed by atoms with van der Waals surface area (Å²) in [5, 5.41) is 11.7. The Morgan fingerprint density at radius 2 is 2.10 bits per heavy atom. The zero-order valence-electron chi connectivity index (χ0n) is 11.7. The quantitative estimate of drug-likeness (QED) is 0.871. The fourth-order valence-electron chi connectivity index (χ4n) is 1.94. The molecule has 3 rings (SSSR count). The second kappa shape index (κ2) is 5.90. The van der Waals surface area contributed by atoms with Crippen LogP contribution in [0.5, 0.6) is 5.75 Å². The molecule has 1 heterocycles. The lowest BCUT2D eigenvalue weighted by Crippen LogP contribution is -2.03. The summed E-state index contributed by atoms with van der Waals surface area (Å²) >= 11 is 0. The summed E-state index contributed by atoms with van der Waals surface area (Å²) in [5.41, 5.74) is 1.91. The van der Waals surface area contributed by atoms with Gasteiger partial charge in [0.1, 0.15) is 11.6 Å². The maximum Gasteiger partial charge on any atom is 0.148 e. The van der Waals surface area contributed by atoms with E-state index in [1.165, 1.54) is 12.8 Å². The maximum atomic E-state index is 5.80. The van der Waals surface area contributed by atoms with Crippen molar-refractivity contribution < 1.29 is 4.74 Å². The van der Waals surface area contributed by atoms with Gasteiger partial charge in [-0.25, -0.2) is 0 Å². The summed E-state index contributed by atoms with van der Waals surface area (Å²) in [6, 6.07) is 12.0. The Labute approximate surface area is 119 Å². The summed E-state index contributed by atoms with van der Waals surface area (Å²) in [6.07, 6.45) is 3.82. The summed E-state index contributed by atoms with van der Waals surface area (Å²) < 4.78 is 5.80. The van der Waals surface area contributed by atoms with Crippen molar-refractivity contribution in [2.45, 2.75) is 32.3 Å². The van der Waals surface area contributed by atoms with Gasteiger partial charge in [0, 0.05) is 12.1 Å². The Kier molecular flexibility index (Phi) is 3.81. The minimum atomic E-state index is 0.414. The lowest BCUT2D eigenvalue weighted by molar-refractivity contribution is 0.303. The third-order valence-corrected chi connectivity index (χ3v) is 3.18. The average Bonchev–Trinajstić information content (AvgIpc) is 3.30. The molecule has 104 valence electrons. The van der Waals surface area contributed by atoms with E-state index in [-0.39, 0.29) is 0 Å². The van der Waals surface area contributed by atoms with Crippen molar-refractivity contribution in [3.8, 4) is 17.0 Å². The molecule has 0 amide bonds. The first-order valence-corrected chi connectivity index (χ1v) is 7.20. The minimum Gasteiger partial charge on any atom is -0.490 e. The molecule has 1 N–H and O–H groups in total. The van der Waals surface area contributed by atoms with Gasteiger partial charge in [-0.05, 0) is 43.5 Å². The normalized spacial score (nSPS) is 14.1. The van der Waals surface area contributed by atoms with E-state index in [1.807, 2.05) is 36.4 Å². The number of rotatable bonds is 6. The van der Waals surface area contributed by atoms with E-state index in [9.17, 15) is 0 Å². The van der Waals surface area contributed by atoms with Crippen molar-refractivity contribution in [1.29, 1.82) is 0 Å². The van der Waals surface area contributed by atoms with E-state index < -0.39 is 0 Å². The third kappa shape index (κ3) is 3.26. The molecule has 0 bridgehead atoms. The molecule has 0 unspecified atom stereocenters. The molecule has 0 spiro atoms. The Balaban J connectivity index is 1.74. The molecule has 1 aromatic heterocycles. The summed E-state index contributed by atoms with van der Waals surface area (Å²) in [5.74, 6) is 1.74. The van der Waals surface area contributed by atoms with E-state index in [1.54, 1.807) is 0 Å². The van der Waals surface area contributed by atoms with Gasteiger partial charge in [-0.15, -0.1) is 10.2 Å². The zero-order chi connectivity index (χ0) is 13.8. The Morgan fingerprint density at radius 3 is 2.80 bits per heavy atom. The lowest BCUT2D eigenvalue weighted by Gasteiger charge is -2.07. The molecule has 0 atom stereocenters. The van der Waals surface area contributed by atoms with Crippen molar-refractivity contribution in [1.82, 2.24) is 10.2 Å². The van der Waals surface area contributed by atoms with Crippen LogP contribution in [-0.4, -0.2) is 22.8 Å². The number of anilines is 1. The molecule has 1 aliphatic rings. The first-order chi connectivity index (χ1) is 9.85. The second-order valence-corrected chi connectivity index (χ2v) is 5.08. The van der Waals surface area contributed by atoms with Crippen LogP contribution < -0.4 is 10.1 Å². The monoisotopic (exact) mass is 269 g/mol. The molecule has 4 nitrogen and oxygen atoms in total. The Hall–Kier alpha value is -2.10. The van der Waals surface area contributed by atoms with Gasteiger partial charge in [0.2, 0.25) is 0 Å². The van der Waals surface area contributed by atoms with Crippen LogP contribution in [0.15, 0.2) is 36.4 Å². The first kappa shape index (κ1) is 12.9. The molecule has 0 aliphatic heterocycles. The van der Waals surface area contributed by atoms with Gasteiger partial charge >= 0.3 is 0 Å². The van der Waals surface area contributed by atoms with Crippen molar-refractivity contribution in [2.24, 2.45) is 0 Å². The lowest BCUT2D eigenvalue weighted by atomic mass is 10.1. The molecule has 1 fully saturated rings.